The van der Waals surface area contributed by atoms with Crippen LogP contribution < -0.4 is 11.1 Å². The van der Waals surface area contributed by atoms with Crippen molar-refractivity contribution >= 4 is 11.9 Å². The molecule has 4 nitrogen and oxygen atoms in total. The number of carbonyl (C=O) groups is 1. The maximum atomic E-state index is 11.6. The highest BCUT2D eigenvalue weighted by molar-refractivity contribution is 6.06. The molecule has 1 amide bonds. The summed E-state index contributed by atoms with van der Waals surface area (Å²) in [5.74, 6) is 0.262. The quantitative estimate of drug-likeness (QED) is 0.567. The summed E-state index contributed by atoms with van der Waals surface area (Å²) in [5, 5.41) is 2.58. The van der Waals surface area contributed by atoms with Crippen LogP contribution in [0.15, 0.2) is 4.99 Å². The van der Waals surface area contributed by atoms with Gasteiger partial charge in [-0.05, 0) is 24.7 Å². The van der Waals surface area contributed by atoms with Crippen molar-refractivity contribution in [3.05, 3.63) is 0 Å². The lowest BCUT2D eigenvalue weighted by Crippen LogP contribution is -2.39. The highest BCUT2D eigenvalue weighted by atomic mass is 16.2. The summed E-state index contributed by atoms with van der Waals surface area (Å²) < 4.78 is 0. The molecule has 1 heterocycles. The first-order chi connectivity index (χ1) is 5.94. The van der Waals surface area contributed by atoms with Crippen molar-refractivity contribution in [1.29, 1.82) is 0 Å². The summed E-state index contributed by atoms with van der Waals surface area (Å²) >= 11 is 0. The van der Waals surface area contributed by atoms with Crippen molar-refractivity contribution in [3.8, 4) is 0 Å². The maximum absolute atomic E-state index is 11.6. The fraction of sp³-hybridized carbons (Fsp3) is 0.778. The summed E-state index contributed by atoms with van der Waals surface area (Å²) in [5.41, 5.74) is 5.17. The average Bonchev–Trinajstić information content (AvgIpc) is 2.38. The molecule has 2 rings (SSSR count). The van der Waals surface area contributed by atoms with Gasteiger partial charge in [-0.3, -0.25) is 10.1 Å². The molecule has 0 aromatic rings. The maximum Gasteiger partial charge on any atom is 0.254 e. The molecule has 3 N–H and O–H groups in total. The molecule has 0 radical (unpaired) electrons. The Hall–Kier alpha value is -1.06. The second-order valence-electron chi connectivity index (χ2n) is 4.82. The highest BCUT2D eigenvalue weighted by Crippen LogP contribution is 2.46. The number of aliphatic imine (C=N–C) groups is 1. The average molecular weight is 181 g/mol. The number of amides is 1. The van der Waals surface area contributed by atoms with Gasteiger partial charge in [-0.1, -0.05) is 13.8 Å². The van der Waals surface area contributed by atoms with Gasteiger partial charge in [-0.25, -0.2) is 4.99 Å². The number of nitrogens with zero attached hydrogens (tertiary/aromatic N) is 1. The zero-order valence-electron chi connectivity index (χ0n) is 8.05. The van der Waals surface area contributed by atoms with Gasteiger partial charge in [0.25, 0.3) is 5.91 Å². The van der Waals surface area contributed by atoms with Crippen molar-refractivity contribution in [3.63, 3.8) is 0 Å². The van der Waals surface area contributed by atoms with Crippen molar-refractivity contribution < 1.29 is 4.79 Å². The van der Waals surface area contributed by atoms with Crippen LogP contribution in [0.2, 0.25) is 0 Å². The third-order valence-electron chi connectivity index (χ3n) is 2.99. The molecule has 13 heavy (non-hydrogen) atoms. The van der Waals surface area contributed by atoms with Crippen LogP contribution in [0.4, 0.5) is 0 Å². The number of nitrogens with one attached hydrogen (secondary N) is 1. The number of nitrogens with two attached hydrogens (primary N) is 1. The molecule has 1 aliphatic carbocycles. The zero-order valence-corrected chi connectivity index (χ0v) is 8.05. The Kier molecular flexibility index (Phi) is 1.47. The zero-order chi connectivity index (χ0) is 9.69. The molecule has 72 valence electrons. The number of guanidine groups is 1. The van der Waals surface area contributed by atoms with Gasteiger partial charge in [0.15, 0.2) is 5.96 Å². The lowest BCUT2D eigenvalue weighted by Gasteiger charge is -2.20. The first kappa shape index (κ1) is 8.53. The monoisotopic (exact) mass is 181 g/mol. The predicted octanol–water partition coefficient (Wildman–Crippen LogP) is 0.380. The third kappa shape index (κ3) is 1.20. The van der Waals surface area contributed by atoms with Gasteiger partial charge >= 0.3 is 0 Å². The van der Waals surface area contributed by atoms with Crippen molar-refractivity contribution in [2.45, 2.75) is 38.6 Å². The summed E-state index contributed by atoms with van der Waals surface area (Å²) in [4.78, 5) is 15.8. The minimum atomic E-state index is -0.534. The van der Waals surface area contributed by atoms with Gasteiger partial charge in [0.2, 0.25) is 0 Å². The Morgan fingerprint density at radius 1 is 1.46 bits per heavy atom. The van der Waals surface area contributed by atoms with E-state index in [0.717, 1.165) is 19.3 Å². The lowest BCUT2D eigenvalue weighted by atomic mass is 9.88. The second kappa shape index (κ2) is 2.25. The molecule has 1 atom stereocenters. The molecular formula is C9H15N3O. The Bertz CT molecular complexity index is 295. The predicted molar refractivity (Wildman–Crippen MR) is 50.1 cm³/mol. The molecule has 1 fully saturated rings. The summed E-state index contributed by atoms with van der Waals surface area (Å²) in [6.07, 6.45) is 2.68. The van der Waals surface area contributed by atoms with E-state index in [0.29, 0.717) is 0 Å². The van der Waals surface area contributed by atoms with Gasteiger partial charge < -0.3 is 5.73 Å². The van der Waals surface area contributed by atoms with Crippen molar-refractivity contribution in [1.82, 2.24) is 5.32 Å². The van der Waals surface area contributed by atoms with Gasteiger partial charge in [-0.2, -0.15) is 0 Å². The molecule has 1 spiro atoms. The number of hydrogen-bond acceptors (Lipinski definition) is 3. The first-order valence-corrected chi connectivity index (χ1v) is 4.60. The number of rotatable bonds is 0. The topological polar surface area (TPSA) is 67.5 Å². The Balaban J connectivity index is 2.29. The smallest absolute Gasteiger partial charge is 0.254 e. The second-order valence-corrected chi connectivity index (χ2v) is 4.82. The molecular weight excluding hydrogens is 166 g/mol. The molecule has 1 aliphatic heterocycles. The molecule has 1 saturated carbocycles. The van der Waals surface area contributed by atoms with E-state index < -0.39 is 5.54 Å². The minimum Gasteiger partial charge on any atom is -0.370 e. The van der Waals surface area contributed by atoms with Crippen LogP contribution in [0.1, 0.15) is 33.1 Å². The Morgan fingerprint density at radius 3 is 2.54 bits per heavy atom. The van der Waals surface area contributed by atoms with E-state index in [2.05, 4.69) is 24.2 Å². The van der Waals surface area contributed by atoms with Crippen LogP contribution in [0.25, 0.3) is 0 Å². The van der Waals surface area contributed by atoms with E-state index in [-0.39, 0.29) is 17.3 Å². The number of hydrogen-bond donors (Lipinski definition) is 2. The van der Waals surface area contributed by atoms with Crippen LogP contribution >= 0.6 is 0 Å². The summed E-state index contributed by atoms with van der Waals surface area (Å²) in [7, 11) is 0. The fourth-order valence-corrected chi connectivity index (χ4v) is 2.34. The standard InChI is InChI=1S/C9H15N3O/c1-8(2)3-4-9(5-8)6(13)11-7(10)12-9/h3-5H2,1-2H3,(H3,10,11,12,13). The Morgan fingerprint density at radius 2 is 2.15 bits per heavy atom. The van der Waals surface area contributed by atoms with E-state index in [9.17, 15) is 4.79 Å². The third-order valence-corrected chi connectivity index (χ3v) is 2.99. The molecule has 0 saturated heterocycles. The SMILES string of the molecule is CC1(C)CCC2(C1)N=C(N)NC2=O. The molecule has 0 aromatic carbocycles. The van der Waals surface area contributed by atoms with Crippen LogP contribution in [-0.4, -0.2) is 17.4 Å². The van der Waals surface area contributed by atoms with Crippen LogP contribution in [0.5, 0.6) is 0 Å². The molecule has 0 bridgehead atoms. The van der Waals surface area contributed by atoms with E-state index in [1.54, 1.807) is 0 Å². The molecule has 4 heteroatoms. The van der Waals surface area contributed by atoms with Crippen LogP contribution in [-0.2, 0) is 4.79 Å². The van der Waals surface area contributed by atoms with E-state index in [4.69, 9.17) is 5.73 Å². The van der Waals surface area contributed by atoms with Gasteiger partial charge in [0.1, 0.15) is 5.54 Å². The fourth-order valence-electron chi connectivity index (χ4n) is 2.34. The van der Waals surface area contributed by atoms with E-state index in [1.807, 2.05) is 0 Å². The number of carbonyl (C=O) groups excluding carboxylic acids is 1. The van der Waals surface area contributed by atoms with Crippen molar-refractivity contribution in [2.24, 2.45) is 16.1 Å². The lowest BCUT2D eigenvalue weighted by molar-refractivity contribution is -0.123. The van der Waals surface area contributed by atoms with E-state index in [1.165, 1.54) is 0 Å². The molecule has 0 aromatic heterocycles. The van der Waals surface area contributed by atoms with Crippen LogP contribution in [0, 0.1) is 5.41 Å². The summed E-state index contributed by atoms with van der Waals surface area (Å²) in [6, 6.07) is 0. The molecule has 2 aliphatic rings. The van der Waals surface area contributed by atoms with Crippen molar-refractivity contribution in [2.75, 3.05) is 0 Å². The Labute approximate surface area is 77.6 Å². The normalized spacial score (nSPS) is 36.5. The summed E-state index contributed by atoms with van der Waals surface area (Å²) in [6.45, 7) is 4.33. The molecule has 1 unspecified atom stereocenters. The van der Waals surface area contributed by atoms with Gasteiger partial charge in [0.05, 0.1) is 0 Å². The largest absolute Gasteiger partial charge is 0.370 e. The van der Waals surface area contributed by atoms with Crippen LogP contribution in [0.3, 0.4) is 0 Å². The first-order valence-electron chi connectivity index (χ1n) is 4.60. The van der Waals surface area contributed by atoms with Gasteiger partial charge in [-0.15, -0.1) is 0 Å². The highest BCUT2D eigenvalue weighted by Gasteiger charge is 2.51. The van der Waals surface area contributed by atoms with Gasteiger partial charge in [0, 0.05) is 0 Å². The van der Waals surface area contributed by atoms with E-state index >= 15 is 0 Å². The minimum absolute atomic E-state index is 0.0180.